The van der Waals surface area contributed by atoms with Gasteiger partial charge in [-0.15, -0.1) is 0 Å². The van der Waals surface area contributed by atoms with Crippen LogP contribution < -0.4 is 0 Å². The fourth-order valence-corrected chi connectivity index (χ4v) is 5.22. The zero-order valence-electron chi connectivity index (χ0n) is 21.2. The maximum absolute atomic E-state index is 6.23. The molecule has 0 saturated carbocycles. The molecule has 0 N–H and O–H groups in total. The van der Waals surface area contributed by atoms with E-state index in [4.69, 9.17) is 13.8 Å². The first kappa shape index (κ1) is 21.8. The molecule has 0 bridgehead atoms. The highest BCUT2D eigenvalue weighted by Crippen LogP contribution is 2.40. The third kappa shape index (κ3) is 3.51. The number of aryl methyl sites for hydroxylation is 1. The Balaban J connectivity index is 1.65. The van der Waals surface area contributed by atoms with Crippen molar-refractivity contribution in [2.75, 3.05) is 0 Å². The molecule has 0 aliphatic heterocycles. The quantitative estimate of drug-likeness (QED) is 0.264. The summed E-state index contributed by atoms with van der Waals surface area (Å²) >= 11 is 0. The van der Waals surface area contributed by atoms with Crippen molar-refractivity contribution in [3.8, 4) is 11.3 Å². The van der Waals surface area contributed by atoms with Crippen LogP contribution in [-0.4, -0.2) is 9.97 Å². The van der Waals surface area contributed by atoms with Crippen molar-refractivity contribution < 1.29 is 8.83 Å². The largest absolute Gasteiger partial charge is 0.461 e. The molecule has 0 atom stereocenters. The van der Waals surface area contributed by atoms with Crippen molar-refractivity contribution in [3.63, 3.8) is 0 Å². The van der Waals surface area contributed by atoms with Gasteiger partial charge in [0.05, 0.1) is 11.1 Å². The van der Waals surface area contributed by atoms with E-state index >= 15 is 0 Å². The summed E-state index contributed by atoms with van der Waals surface area (Å²) in [5, 5.41) is 5.58. The summed E-state index contributed by atoms with van der Waals surface area (Å²) in [6.07, 6.45) is 2.52. The highest BCUT2D eigenvalue weighted by Gasteiger charge is 2.22. The number of fused-ring (bicyclic) bond motifs is 5. The maximum atomic E-state index is 6.23. The number of furan rings is 2. The molecular formula is C31H30N2O2. The number of benzene rings is 3. The molecule has 3 heterocycles. The monoisotopic (exact) mass is 462 g/mol. The molecule has 0 amide bonds. The lowest BCUT2D eigenvalue weighted by molar-refractivity contribution is 0.496. The topological polar surface area (TPSA) is 52.1 Å². The first-order valence-corrected chi connectivity index (χ1v) is 12.3. The van der Waals surface area contributed by atoms with E-state index in [-0.39, 0.29) is 5.41 Å². The molecule has 0 radical (unpaired) electrons. The summed E-state index contributed by atoms with van der Waals surface area (Å²) in [5.74, 6) is 1.58. The highest BCUT2D eigenvalue weighted by molar-refractivity contribution is 6.14. The Morgan fingerprint density at radius 3 is 2.40 bits per heavy atom. The molecule has 6 rings (SSSR count). The molecular weight excluding hydrogens is 432 g/mol. The van der Waals surface area contributed by atoms with Gasteiger partial charge in [-0.05, 0) is 58.4 Å². The average Bonchev–Trinajstić information content (AvgIpc) is 3.32. The molecule has 3 aromatic carbocycles. The zero-order chi connectivity index (χ0) is 24.5. The van der Waals surface area contributed by atoms with E-state index in [1.54, 1.807) is 6.33 Å². The van der Waals surface area contributed by atoms with Gasteiger partial charge in [0.1, 0.15) is 23.3 Å². The van der Waals surface area contributed by atoms with Crippen molar-refractivity contribution >= 4 is 43.8 Å². The van der Waals surface area contributed by atoms with Crippen LogP contribution in [0.1, 0.15) is 51.5 Å². The standard InChI is InChI=1S/C31H30N2O2/c1-17(2)11-25-18(3)22-14-23-27(15-26(22)34-25)35-30-28(23)29(32-16-33-30)20-12-19-9-7-8-10-21(19)24(13-20)31(4,5)6/h7-10,12-17H,11H2,1-6H3. The van der Waals surface area contributed by atoms with Crippen LogP contribution in [0.4, 0.5) is 0 Å². The van der Waals surface area contributed by atoms with Crippen LogP contribution in [-0.2, 0) is 11.8 Å². The summed E-state index contributed by atoms with van der Waals surface area (Å²) in [6, 6.07) is 17.3. The van der Waals surface area contributed by atoms with Gasteiger partial charge in [-0.3, -0.25) is 0 Å². The fraction of sp³-hybridized carbons (Fsp3) is 0.290. The van der Waals surface area contributed by atoms with Gasteiger partial charge in [-0.1, -0.05) is 58.9 Å². The van der Waals surface area contributed by atoms with Gasteiger partial charge >= 0.3 is 0 Å². The Kier molecular flexibility index (Phi) is 4.79. The second kappa shape index (κ2) is 7.67. The van der Waals surface area contributed by atoms with E-state index in [2.05, 4.69) is 89.0 Å². The van der Waals surface area contributed by atoms with Crippen LogP contribution in [0.3, 0.4) is 0 Å². The molecule has 0 aliphatic carbocycles. The molecule has 35 heavy (non-hydrogen) atoms. The van der Waals surface area contributed by atoms with Gasteiger partial charge in [0.15, 0.2) is 0 Å². The maximum Gasteiger partial charge on any atom is 0.230 e. The van der Waals surface area contributed by atoms with Gasteiger partial charge in [0.25, 0.3) is 0 Å². The minimum Gasteiger partial charge on any atom is -0.461 e. The van der Waals surface area contributed by atoms with Crippen molar-refractivity contribution in [1.82, 2.24) is 9.97 Å². The van der Waals surface area contributed by atoms with Crippen molar-refractivity contribution in [2.45, 2.75) is 53.4 Å². The Morgan fingerprint density at radius 1 is 0.857 bits per heavy atom. The van der Waals surface area contributed by atoms with Crippen molar-refractivity contribution in [3.05, 3.63) is 71.7 Å². The van der Waals surface area contributed by atoms with Gasteiger partial charge < -0.3 is 8.83 Å². The first-order valence-electron chi connectivity index (χ1n) is 12.3. The number of hydrogen-bond acceptors (Lipinski definition) is 4. The molecule has 176 valence electrons. The molecule has 0 fully saturated rings. The third-order valence-electron chi connectivity index (χ3n) is 6.96. The summed E-state index contributed by atoms with van der Waals surface area (Å²) in [6.45, 7) is 13.3. The van der Waals surface area contributed by atoms with Crippen molar-refractivity contribution in [1.29, 1.82) is 0 Å². The molecule has 0 unspecified atom stereocenters. The summed E-state index contributed by atoms with van der Waals surface area (Å²) in [7, 11) is 0. The Labute approximate surface area is 205 Å². The second-order valence-corrected chi connectivity index (χ2v) is 11.1. The highest BCUT2D eigenvalue weighted by atomic mass is 16.3. The lowest BCUT2D eigenvalue weighted by Gasteiger charge is -2.22. The average molecular weight is 463 g/mol. The minimum atomic E-state index is -0.00684. The zero-order valence-corrected chi connectivity index (χ0v) is 21.2. The molecule has 0 saturated heterocycles. The van der Waals surface area contributed by atoms with Gasteiger partial charge in [0.2, 0.25) is 5.71 Å². The molecule has 4 nitrogen and oxygen atoms in total. The molecule has 6 aromatic rings. The van der Waals surface area contributed by atoms with Crippen LogP contribution in [0.25, 0.3) is 55.1 Å². The van der Waals surface area contributed by atoms with Crippen LogP contribution in [0, 0.1) is 12.8 Å². The van der Waals surface area contributed by atoms with Crippen molar-refractivity contribution in [2.24, 2.45) is 5.92 Å². The first-order chi connectivity index (χ1) is 16.7. The normalized spacial score (nSPS) is 12.7. The number of nitrogens with zero attached hydrogens (tertiary/aromatic N) is 2. The van der Waals surface area contributed by atoms with E-state index in [0.29, 0.717) is 11.6 Å². The van der Waals surface area contributed by atoms with Gasteiger partial charge in [-0.2, -0.15) is 0 Å². The van der Waals surface area contributed by atoms with E-state index in [1.165, 1.54) is 21.9 Å². The minimum absolute atomic E-state index is 0.00684. The second-order valence-electron chi connectivity index (χ2n) is 11.1. The van der Waals surface area contributed by atoms with E-state index < -0.39 is 0 Å². The lowest BCUT2D eigenvalue weighted by atomic mass is 9.82. The Hall–Kier alpha value is -3.66. The molecule has 3 aromatic heterocycles. The van der Waals surface area contributed by atoms with E-state index in [9.17, 15) is 0 Å². The smallest absolute Gasteiger partial charge is 0.230 e. The lowest BCUT2D eigenvalue weighted by Crippen LogP contribution is -2.12. The SMILES string of the molecule is Cc1c(CC(C)C)oc2cc3oc4ncnc(-c5cc(C(C)(C)C)c6ccccc6c5)c4c3cc12. The summed E-state index contributed by atoms with van der Waals surface area (Å²) in [5.41, 5.74) is 6.70. The summed E-state index contributed by atoms with van der Waals surface area (Å²) < 4.78 is 12.5. The van der Waals surface area contributed by atoms with Gasteiger partial charge in [0, 0.05) is 28.8 Å². The van der Waals surface area contributed by atoms with Crippen LogP contribution in [0.15, 0.2) is 63.7 Å². The molecule has 4 heteroatoms. The summed E-state index contributed by atoms with van der Waals surface area (Å²) in [4.78, 5) is 9.27. The van der Waals surface area contributed by atoms with E-state index in [1.807, 2.05) is 6.07 Å². The predicted molar refractivity (Wildman–Crippen MR) is 144 cm³/mol. The van der Waals surface area contributed by atoms with Crippen LogP contribution in [0.5, 0.6) is 0 Å². The fourth-order valence-electron chi connectivity index (χ4n) is 5.22. The van der Waals surface area contributed by atoms with Crippen LogP contribution in [0.2, 0.25) is 0 Å². The Bertz CT molecular complexity index is 1750. The number of hydrogen-bond donors (Lipinski definition) is 0. The number of aromatic nitrogens is 2. The number of rotatable bonds is 3. The molecule has 0 aliphatic rings. The molecule has 0 spiro atoms. The Morgan fingerprint density at radius 2 is 1.63 bits per heavy atom. The predicted octanol–water partition coefficient (Wildman–Crippen LogP) is 8.75. The van der Waals surface area contributed by atoms with Crippen LogP contribution >= 0.6 is 0 Å². The van der Waals surface area contributed by atoms with Gasteiger partial charge in [-0.25, -0.2) is 9.97 Å². The van der Waals surface area contributed by atoms with E-state index in [0.717, 1.165) is 50.8 Å². The third-order valence-corrected chi connectivity index (χ3v) is 6.96.